The molecule has 0 aromatic rings. The molecule has 18 heavy (non-hydrogen) atoms. The third kappa shape index (κ3) is 4.18. The normalized spacial score (nSPS) is 31.9. The second-order valence-electron chi connectivity index (χ2n) is 5.28. The Morgan fingerprint density at radius 1 is 0.944 bits per heavy atom. The number of thioether (sulfide) groups is 1. The first-order valence-electron chi connectivity index (χ1n) is 7.02. The van der Waals surface area contributed by atoms with Gasteiger partial charge in [-0.25, -0.2) is 0 Å². The summed E-state index contributed by atoms with van der Waals surface area (Å²) in [5, 5.41) is 10.2. The van der Waals surface area contributed by atoms with E-state index in [-0.39, 0.29) is 53.6 Å². The van der Waals surface area contributed by atoms with Crippen molar-refractivity contribution in [3.8, 4) is 0 Å². The van der Waals surface area contributed by atoms with Crippen LogP contribution in [0.1, 0.15) is 58.3 Å². The summed E-state index contributed by atoms with van der Waals surface area (Å²) >= 11 is 1.70. The van der Waals surface area contributed by atoms with Crippen molar-refractivity contribution < 1.29 is 5.11 Å². The van der Waals surface area contributed by atoms with Crippen LogP contribution >= 0.6 is 11.8 Å². The van der Waals surface area contributed by atoms with Crippen LogP contribution in [0.25, 0.3) is 0 Å². The second-order valence-corrected chi connectivity index (χ2v) is 6.83. The minimum Gasteiger partial charge on any atom is -0.374 e. The van der Waals surface area contributed by atoms with Gasteiger partial charge >= 0.3 is 0 Å². The first-order valence-corrected chi connectivity index (χ1v) is 7.84. The van der Waals surface area contributed by atoms with E-state index in [2.05, 4.69) is 19.1 Å². The van der Waals surface area contributed by atoms with Gasteiger partial charge in [-0.15, -0.1) is 11.8 Å². The zero-order chi connectivity index (χ0) is 12.2. The average Bonchev–Trinajstić information content (AvgIpc) is 2.94. The summed E-state index contributed by atoms with van der Waals surface area (Å²) in [6.45, 7) is 2.26. The predicted octanol–water partition coefficient (Wildman–Crippen LogP) is 4.05. The quantitative estimate of drug-likeness (QED) is 0.384. The molecule has 1 aliphatic heterocycles. The van der Waals surface area contributed by atoms with E-state index in [4.69, 9.17) is 0 Å². The molecule has 2 rings (SSSR count). The van der Waals surface area contributed by atoms with Crippen LogP contribution in [-0.2, 0) is 0 Å². The Kier molecular flexibility index (Phi) is 7.70. The van der Waals surface area contributed by atoms with Crippen LogP contribution in [0.4, 0.5) is 0 Å². The van der Waals surface area contributed by atoms with Crippen LogP contribution < -0.4 is 0 Å². The number of hydrogen-bond acceptors (Lipinski definition) is 2. The van der Waals surface area contributed by atoms with E-state index in [0.717, 1.165) is 6.42 Å². The third-order valence-corrected chi connectivity index (χ3v) is 5.48. The molecule has 0 bridgehead atoms. The van der Waals surface area contributed by atoms with Gasteiger partial charge in [0.1, 0.15) is 4.93 Å². The van der Waals surface area contributed by atoms with Gasteiger partial charge < -0.3 is 5.11 Å². The van der Waals surface area contributed by atoms with E-state index < -0.39 is 4.93 Å². The van der Waals surface area contributed by atoms with Gasteiger partial charge in [-0.2, -0.15) is 0 Å². The molecule has 1 saturated heterocycles. The maximum Gasteiger partial charge on any atom is 0.148 e. The number of hydrogen-bond donors (Lipinski definition) is 1. The standard InChI is InChI=1S/C15H24OS.Ba/c1-2-3-4-5-6-7-8-11-14-12-9-10-13-15(14,16)17-14;/h9-10,12-13,16H,2-8,11H2,1H3;. The topological polar surface area (TPSA) is 20.2 Å². The molecule has 2 aliphatic rings. The van der Waals surface area contributed by atoms with Crippen LogP contribution in [0, 0.1) is 0 Å². The molecular weight excluding hydrogens is 366 g/mol. The minimum atomic E-state index is -0.566. The molecule has 1 aliphatic carbocycles. The molecule has 0 aromatic heterocycles. The van der Waals surface area contributed by atoms with Crippen molar-refractivity contribution in [2.75, 3.05) is 0 Å². The van der Waals surface area contributed by atoms with Crippen molar-refractivity contribution in [2.24, 2.45) is 0 Å². The number of rotatable bonds is 8. The Morgan fingerprint density at radius 3 is 2.22 bits per heavy atom. The van der Waals surface area contributed by atoms with Crippen molar-refractivity contribution in [1.82, 2.24) is 0 Å². The largest absolute Gasteiger partial charge is 0.374 e. The fraction of sp³-hybridized carbons (Fsp3) is 0.733. The smallest absolute Gasteiger partial charge is 0.148 e. The molecule has 1 nitrogen and oxygen atoms in total. The molecule has 1 fully saturated rings. The zero-order valence-corrected chi connectivity index (χ0v) is 16.8. The Morgan fingerprint density at radius 2 is 1.56 bits per heavy atom. The molecule has 1 N–H and O–H groups in total. The van der Waals surface area contributed by atoms with Gasteiger partial charge in [0.2, 0.25) is 0 Å². The molecule has 0 spiro atoms. The number of unbranched alkanes of at least 4 members (excludes halogenated alkanes) is 6. The monoisotopic (exact) mass is 390 g/mol. The van der Waals surface area contributed by atoms with Gasteiger partial charge in [-0.1, -0.05) is 70.1 Å². The number of fused-ring (bicyclic) bond motifs is 1. The Labute approximate surface area is 156 Å². The average molecular weight is 390 g/mol. The van der Waals surface area contributed by atoms with E-state index >= 15 is 0 Å². The molecule has 2 radical (unpaired) electrons. The Hall–Kier alpha value is 1.36. The van der Waals surface area contributed by atoms with Crippen LogP contribution in [0.15, 0.2) is 24.3 Å². The van der Waals surface area contributed by atoms with E-state index in [1.54, 1.807) is 11.8 Å². The number of aliphatic hydroxyl groups is 1. The Balaban J connectivity index is 0.00000162. The van der Waals surface area contributed by atoms with Crippen molar-refractivity contribution >= 4 is 60.6 Å². The SMILES string of the molecule is CCCCCCCCCC12C=CC=CC1(O)S2.[Ba]. The molecule has 2 atom stereocenters. The summed E-state index contributed by atoms with van der Waals surface area (Å²) in [4.78, 5) is -0.566. The van der Waals surface area contributed by atoms with Crippen LogP contribution in [0.5, 0.6) is 0 Å². The molecule has 0 amide bonds. The van der Waals surface area contributed by atoms with Crippen LogP contribution in [0.3, 0.4) is 0 Å². The third-order valence-electron chi connectivity index (χ3n) is 3.85. The molecule has 2 unspecified atom stereocenters. The molecule has 98 valence electrons. The summed E-state index contributed by atoms with van der Waals surface area (Å²) < 4.78 is 0.0329. The van der Waals surface area contributed by atoms with Gasteiger partial charge in [0.25, 0.3) is 0 Å². The first kappa shape index (κ1) is 17.4. The summed E-state index contributed by atoms with van der Waals surface area (Å²) in [5.41, 5.74) is 0. The van der Waals surface area contributed by atoms with Crippen LogP contribution in [0.2, 0.25) is 0 Å². The molecular formula is C15H24BaOS. The maximum atomic E-state index is 10.2. The summed E-state index contributed by atoms with van der Waals surface area (Å²) in [7, 11) is 0. The zero-order valence-electron chi connectivity index (χ0n) is 11.5. The first-order chi connectivity index (χ1) is 8.22. The van der Waals surface area contributed by atoms with E-state index in [9.17, 15) is 5.11 Å². The Bertz CT molecular complexity index is 316. The molecule has 0 aromatic carbocycles. The van der Waals surface area contributed by atoms with Crippen molar-refractivity contribution in [2.45, 2.75) is 68.0 Å². The molecule has 1 heterocycles. The van der Waals surface area contributed by atoms with E-state index in [1.165, 1.54) is 44.9 Å². The summed E-state index contributed by atoms with van der Waals surface area (Å²) in [5.74, 6) is 0. The van der Waals surface area contributed by atoms with Gasteiger partial charge in [0.05, 0.1) is 4.75 Å². The summed E-state index contributed by atoms with van der Waals surface area (Å²) in [6, 6.07) is 0. The predicted molar refractivity (Wildman–Crippen MR) is 81.9 cm³/mol. The summed E-state index contributed by atoms with van der Waals surface area (Å²) in [6.07, 6.45) is 18.7. The fourth-order valence-electron chi connectivity index (χ4n) is 2.64. The van der Waals surface area contributed by atoms with Crippen molar-refractivity contribution in [1.29, 1.82) is 0 Å². The minimum absolute atomic E-state index is 0. The maximum absolute atomic E-state index is 10.2. The van der Waals surface area contributed by atoms with E-state index in [1.807, 2.05) is 12.2 Å². The molecule has 0 saturated carbocycles. The van der Waals surface area contributed by atoms with Crippen molar-refractivity contribution in [3.05, 3.63) is 24.3 Å². The number of allylic oxidation sites excluding steroid dienone is 2. The van der Waals surface area contributed by atoms with Gasteiger partial charge in [0, 0.05) is 48.9 Å². The van der Waals surface area contributed by atoms with Gasteiger partial charge in [-0.05, 0) is 12.5 Å². The van der Waals surface area contributed by atoms with E-state index in [0.29, 0.717) is 0 Å². The fourth-order valence-corrected chi connectivity index (χ4v) is 3.92. The van der Waals surface area contributed by atoms with Gasteiger partial charge in [0.15, 0.2) is 0 Å². The second kappa shape index (κ2) is 7.96. The molecule has 3 heteroatoms. The van der Waals surface area contributed by atoms with Crippen molar-refractivity contribution in [3.63, 3.8) is 0 Å². The van der Waals surface area contributed by atoms with Gasteiger partial charge in [-0.3, -0.25) is 0 Å². The van der Waals surface area contributed by atoms with Crippen LogP contribution in [-0.4, -0.2) is 63.7 Å².